The van der Waals surface area contributed by atoms with E-state index < -0.39 is 0 Å². The minimum absolute atomic E-state index is 0.865. The number of piperidine rings is 1. The summed E-state index contributed by atoms with van der Waals surface area (Å²) in [5.74, 6) is 0. The highest BCUT2D eigenvalue weighted by atomic mass is 16.5. The van der Waals surface area contributed by atoms with Crippen molar-refractivity contribution < 1.29 is 15.0 Å². The second-order valence-corrected chi connectivity index (χ2v) is 3.81. The van der Waals surface area contributed by atoms with Crippen LogP contribution in [0.3, 0.4) is 0 Å². The third-order valence-electron chi connectivity index (χ3n) is 2.71. The molecule has 0 radical (unpaired) electrons. The van der Waals surface area contributed by atoms with Crippen LogP contribution in [0.1, 0.15) is 12.8 Å². The van der Waals surface area contributed by atoms with Gasteiger partial charge in [-0.3, -0.25) is 0 Å². The lowest BCUT2D eigenvalue weighted by Crippen LogP contribution is -3.12. The lowest BCUT2D eigenvalue weighted by Gasteiger charge is -2.24. The highest BCUT2D eigenvalue weighted by Crippen LogP contribution is 1.92. The number of quaternary nitrogens is 2. The molecule has 0 amide bonds. The van der Waals surface area contributed by atoms with E-state index in [1.54, 1.807) is 12.0 Å². The zero-order valence-corrected chi connectivity index (χ0v) is 8.31. The van der Waals surface area contributed by atoms with Crippen molar-refractivity contribution in [1.82, 2.24) is 0 Å². The molecule has 3 N–H and O–H groups in total. The van der Waals surface area contributed by atoms with E-state index in [4.69, 9.17) is 4.74 Å². The predicted octanol–water partition coefficient (Wildman–Crippen LogP) is -2.13. The molecule has 0 atom stereocenters. The van der Waals surface area contributed by atoms with Gasteiger partial charge >= 0.3 is 0 Å². The average Bonchev–Trinajstić information content (AvgIpc) is 2.09. The molecule has 0 aliphatic carbocycles. The molecule has 0 unspecified atom stereocenters. The summed E-state index contributed by atoms with van der Waals surface area (Å²) in [5, 5.41) is 2.44. The van der Waals surface area contributed by atoms with Gasteiger partial charge in [-0.1, -0.05) is 0 Å². The number of nitrogens with two attached hydrogens (primary N) is 1. The molecule has 0 aromatic rings. The van der Waals surface area contributed by atoms with E-state index in [0.717, 1.165) is 19.2 Å². The van der Waals surface area contributed by atoms with Crippen molar-refractivity contribution in [2.24, 2.45) is 0 Å². The van der Waals surface area contributed by atoms with Gasteiger partial charge in [0.1, 0.15) is 0 Å². The van der Waals surface area contributed by atoms with E-state index in [1.807, 2.05) is 0 Å². The number of ether oxygens (including phenoxy) is 1. The van der Waals surface area contributed by atoms with Gasteiger partial charge in [0, 0.05) is 20.0 Å². The number of nitrogens with one attached hydrogen (secondary N) is 1. The van der Waals surface area contributed by atoms with Crippen molar-refractivity contribution >= 4 is 0 Å². The molecule has 1 saturated heterocycles. The molecule has 1 fully saturated rings. The normalized spacial score (nSPS) is 30.5. The first-order valence-electron chi connectivity index (χ1n) is 4.96. The maximum Gasteiger partial charge on any atom is 0.0995 e. The van der Waals surface area contributed by atoms with Gasteiger partial charge in [-0.05, 0) is 0 Å². The fraction of sp³-hybridized carbons (Fsp3) is 1.00. The van der Waals surface area contributed by atoms with Crippen molar-refractivity contribution in [3.8, 4) is 0 Å². The van der Waals surface area contributed by atoms with Crippen molar-refractivity contribution in [2.75, 3.05) is 40.4 Å². The van der Waals surface area contributed by atoms with Crippen molar-refractivity contribution in [2.45, 2.75) is 18.9 Å². The molecule has 3 heteroatoms. The van der Waals surface area contributed by atoms with E-state index in [9.17, 15) is 0 Å². The Labute approximate surface area is 75.1 Å². The van der Waals surface area contributed by atoms with Crippen LogP contribution in [0.4, 0.5) is 0 Å². The van der Waals surface area contributed by atoms with E-state index in [-0.39, 0.29) is 0 Å². The molecule has 72 valence electrons. The Kier molecular flexibility index (Phi) is 4.58. The topological polar surface area (TPSA) is 30.3 Å². The Morgan fingerprint density at radius 2 is 2.08 bits per heavy atom. The summed E-state index contributed by atoms with van der Waals surface area (Å²) in [5.41, 5.74) is 0. The third-order valence-corrected chi connectivity index (χ3v) is 2.71. The van der Waals surface area contributed by atoms with Gasteiger partial charge in [-0.2, -0.15) is 0 Å². The molecule has 0 bridgehead atoms. The van der Waals surface area contributed by atoms with E-state index in [0.29, 0.717) is 0 Å². The lowest BCUT2D eigenvalue weighted by molar-refractivity contribution is -0.894. The number of rotatable bonds is 4. The van der Waals surface area contributed by atoms with Crippen molar-refractivity contribution in [3.05, 3.63) is 0 Å². The van der Waals surface area contributed by atoms with Gasteiger partial charge in [0.15, 0.2) is 0 Å². The quantitative estimate of drug-likeness (QED) is 0.469. The number of hydrogen-bond acceptors (Lipinski definition) is 1. The van der Waals surface area contributed by atoms with E-state index in [1.165, 1.54) is 25.9 Å². The lowest BCUT2D eigenvalue weighted by atomic mass is 10.1. The smallest absolute Gasteiger partial charge is 0.0995 e. The Balaban J connectivity index is 2.01. The average molecular weight is 174 g/mol. The fourth-order valence-electron chi connectivity index (χ4n) is 1.79. The van der Waals surface area contributed by atoms with Crippen molar-refractivity contribution in [1.29, 1.82) is 0 Å². The number of likely N-dealkylation sites (tertiary alicyclic amines) is 1. The molecule has 3 nitrogen and oxygen atoms in total. The minimum Gasteiger partial charge on any atom is -0.379 e. The van der Waals surface area contributed by atoms with Gasteiger partial charge in [0.25, 0.3) is 0 Å². The Morgan fingerprint density at radius 3 is 2.67 bits per heavy atom. The predicted molar refractivity (Wildman–Crippen MR) is 48.3 cm³/mol. The molecule has 0 aromatic heterocycles. The molecule has 1 heterocycles. The standard InChI is InChI=1S/C9H20N2O/c1-11-6-3-9(4-7-11)10-5-8-12-2/h9-10H,3-8H2,1-2H3/p+2. The first-order chi connectivity index (χ1) is 5.83. The van der Waals surface area contributed by atoms with Gasteiger partial charge in [0.2, 0.25) is 0 Å². The molecule has 1 aliphatic heterocycles. The van der Waals surface area contributed by atoms with Gasteiger partial charge in [0.05, 0.1) is 39.3 Å². The Bertz CT molecular complexity index is 111. The zero-order chi connectivity index (χ0) is 8.81. The fourth-order valence-corrected chi connectivity index (χ4v) is 1.79. The van der Waals surface area contributed by atoms with Crippen LogP contribution in [0, 0.1) is 0 Å². The first-order valence-corrected chi connectivity index (χ1v) is 4.96. The van der Waals surface area contributed by atoms with Crippen LogP contribution in [0.25, 0.3) is 0 Å². The van der Waals surface area contributed by atoms with Gasteiger partial charge in [-0.25, -0.2) is 0 Å². The Morgan fingerprint density at radius 1 is 1.42 bits per heavy atom. The summed E-state index contributed by atoms with van der Waals surface area (Å²) < 4.78 is 5.02. The molecule has 0 saturated carbocycles. The number of methoxy groups -OCH3 is 1. The zero-order valence-electron chi connectivity index (χ0n) is 8.31. The van der Waals surface area contributed by atoms with Crippen LogP contribution in [0.2, 0.25) is 0 Å². The molecule has 0 spiro atoms. The highest BCUT2D eigenvalue weighted by Gasteiger charge is 2.20. The largest absolute Gasteiger partial charge is 0.379 e. The van der Waals surface area contributed by atoms with Crippen LogP contribution in [-0.4, -0.2) is 46.4 Å². The summed E-state index contributed by atoms with van der Waals surface area (Å²) >= 11 is 0. The second kappa shape index (κ2) is 5.51. The monoisotopic (exact) mass is 174 g/mol. The molecule has 1 rings (SSSR count). The van der Waals surface area contributed by atoms with Gasteiger partial charge in [-0.15, -0.1) is 0 Å². The van der Waals surface area contributed by atoms with Gasteiger partial charge < -0.3 is 15.0 Å². The van der Waals surface area contributed by atoms with Crippen LogP contribution >= 0.6 is 0 Å². The second-order valence-electron chi connectivity index (χ2n) is 3.81. The van der Waals surface area contributed by atoms with Crippen LogP contribution in [0.15, 0.2) is 0 Å². The SMILES string of the molecule is COCC[NH2+]C1CC[NH+](C)CC1. The van der Waals surface area contributed by atoms with Crippen LogP contribution in [-0.2, 0) is 4.74 Å². The number of hydrogen-bond donors (Lipinski definition) is 2. The summed E-state index contributed by atoms with van der Waals surface area (Å²) in [4.78, 5) is 1.69. The Hall–Kier alpha value is -0.120. The molecule has 0 aromatic carbocycles. The summed E-state index contributed by atoms with van der Waals surface area (Å²) in [6, 6.07) is 0.865. The molecule has 12 heavy (non-hydrogen) atoms. The molecule has 1 aliphatic rings. The molecular formula is C9H22N2O+2. The maximum absolute atomic E-state index is 5.02. The summed E-state index contributed by atoms with van der Waals surface area (Å²) in [7, 11) is 4.05. The highest BCUT2D eigenvalue weighted by molar-refractivity contribution is 4.56. The minimum atomic E-state index is 0.865. The summed E-state index contributed by atoms with van der Waals surface area (Å²) in [6.07, 6.45) is 2.74. The first kappa shape index (κ1) is 9.96. The van der Waals surface area contributed by atoms with Crippen LogP contribution < -0.4 is 10.2 Å². The summed E-state index contributed by atoms with van der Waals surface area (Å²) in [6.45, 7) is 4.70. The van der Waals surface area contributed by atoms with Crippen LogP contribution in [0.5, 0.6) is 0 Å². The van der Waals surface area contributed by atoms with E-state index >= 15 is 0 Å². The maximum atomic E-state index is 5.02. The molecular weight excluding hydrogens is 152 g/mol. The van der Waals surface area contributed by atoms with Crippen molar-refractivity contribution in [3.63, 3.8) is 0 Å². The van der Waals surface area contributed by atoms with E-state index in [2.05, 4.69) is 12.4 Å². The third kappa shape index (κ3) is 3.52.